The first-order chi connectivity index (χ1) is 8.29. The van der Waals surface area contributed by atoms with Crippen molar-refractivity contribution in [3.8, 4) is 0 Å². The van der Waals surface area contributed by atoms with E-state index in [0.717, 1.165) is 31.5 Å². The van der Waals surface area contributed by atoms with Gasteiger partial charge in [-0.3, -0.25) is 4.79 Å². The molecule has 1 aromatic rings. The molecule has 0 bridgehead atoms. The molecule has 0 saturated carbocycles. The average Bonchev–Trinajstić information content (AvgIpc) is 2.37. The molecule has 0 aromatic heterocycles. The quantitative estimate of drug-likeness (QED) is 0.682. The number of benzene rings is 1. The summed E-state index contributed by atoms with van der Waals surface area (Å²) in [7, 11) is 0. The second kappa shape index (κ2) is 7.66. The van der Waals surface area contributed by atoms with E-state index in [4.69, 9.17) is 0 Å². The third-order valence-corrected chi connectivity index (χ3v) is 2.50. The standard InChI is InChI=1S/C15H21NO/c1-3-5-7-12-15(17)16(13-4-2)14-10-8-6-9-11-14/h6-12H,3-5,13H2,1-2H3. The molecule has 0 unspecified atom stereocenters. The van der Waals surface area contributed by atoms with Crippen molar-refractivity contribution in [1.29, 1.82) is 0 Å². The Hall–Kier alpha value is -1.57. The lowest BCUT2D eigenvalue weighted by atomic mass is 10.2. The lowest BCUT2D eigenvalue weighted by molar-refractivity contribution is -0.114. The third kappa shape index (κ3) is 4.43. The van der Waals surface area contributed by atoms with Crippen LogP contribution in [0.3, 0.4) is 0 Å². The summed E-state index contributed by atoms with van der Waals surface area (Å²) >= 11 is 0. The number of unbranched alkanes of at least 4 members (excludes halogenated alkanes) is 1. The second-order valence-corrected chi connectivity index (χ2v) is 4.02. The normalized spacial score (nSPS) is 10.7. The van der Waals surface area contributed by atoms with E-state index in [1.165, 1.54) is 0 Å². The zero-order chi connectivity index (χ0) is 12.5. The molecule has 92 valence electrons. The number of amides is 1. The van der Waals surface area contributed by atoms with Gasteiger partial charge in [-0.1, -0.05) is 44.5 Å². The summed E-state index contributed by atoms with van der Waals surface area (Å²) < 4.78 is 0. The molecule has 1 amide bonds. The van der Waals surface area contributed by atoms with Gasteiger partial charge in [-0.15, -0.1) is 0 Å². The van der Waals surface area contributed by atoms with E-state index < -0.39 is 0 Å². The van der Waals surface area contributed by atoms with Crippen LogP contribution in [0.25, 0.3) is 0 Å². The minimum Gasteiger partial charge on any atom is -0.309 e. The van der Waals surface area contributed by atoms with Gasteiger partial charge in [0.05, 0.1) is 0 Å². The molecular weight excluding hydrogens is 210 g/mol. The van der Waals surface area contributed by atoms with E-state index in [2.05, 4.69) is 13.8 Å². The van der Waals surface area contributed by atoms with Crippen LogP contribution >= 0.6 is 0 Å². The Kier molecular flexibility index (Phi) is 6.08. The van der Waals surface area contributed by atoms with Crippen LogP contribution in [0, 0.1) is 0 Å². The van der Waals surface area contributed by atoms with Crippen LogP contribution in [0.5, 0.6) is 0 Å². The molecule has 2 nitrogen and oxygen atoms in total. The maximum atomic E-state index is 12.0. The molecule has 0 fully saturated rings. The monoisotopic (exact) mass is 231 g/mol. The van der Waals surface area contributed by atoms with Gasteiger partial charge in [-0.25, -0.2) is 0 Å². The van der Waals surface area contributed by atoms with E-state index >= 15 is 0 Å². The number of anilines is 1. The van der Waals surface area contributed by atoms with Gasteiger partial charge in [0.1, 0.15) is 0 Å². The van der Waals surface area contributed by atoms with Gasteiger partial charge >= 0.3 is 0 Å². The molecule has 0 heterocycles. The number of hydrogen-bond donors (Lipinski definition) is 0. The topological polar surface area (TPSA) is 20.3 Å². The number of hydrogen-bond acceptors (Lipinski definition) is 1. The summed E-state index contributed by atoms with van der Waals surface area (Å²) in [5, 5.41) is 0. The van der Waals surface area contributed by atoms with E-state index in [1.54, 1.807) is 6.08 Å². The predicted octanol–water partition coefficient (Wildman–Crippen LogP) is 3.79. The Labute approximate surface area is 104 Å². The van der Waals surface area contributed by atoms with E-state index in [-0.39, 0.29) is 5.91 Å². The number of rotatable bonds is 6. The largest absolute Gasteiger partial charge is 0.309 e. The van der Waals surface area contributed by atoms with Crippen LogP contribution < -0.4 is 4.90 Å². The molecule has 0 aliphatic carbocycles. The lowest BCUT2D eigenvalue weighted by Gasteiger charge is -2.20. The first-order valence-corrected chi connectivity index (χ1v) is 6.32. The van der Waals surface area contributed by atoms with Gasteiger partial charge < -0.3 is 4.90 Å². The summed E-state index contributed by atoms with van der Waals surface area (Å²) in [6.07, 6.45) is 6.63. The van der Waals surface area contributed by atoms with Gasteiger partial charge in [-0.05, 0) is 31.1 Å². The zero-order valence-electron chi connectivity index (χ0n) is 10.7. The highest BCUT2D eigenvalue weighted by molar-refractivity contribution is 6.01. The maximum Gasteiger partial charge on any atom is 0.250 e. The van der Waals surface area contributed by atoms with Crippen molar-refractivity contribution in [2.45, 2.75) is 33.1 Å². The summed E-state index contributed by atoms with van der Waals surface area (Å²) in [5.41, 5.74) is 0.973. The molecule has 0 atom stereocenters. The van der Waals surface area contributed by atoms with Gasteiger partial charge in [0.2, 0.25) is 0 Å². The fourth-order valence-corrected chi connectivity index (χ4v) is 1.64. The van der Waals surface area contributed by atoms with E-state index in [1.807, 2.05) is 41.3 Å². The molecule has 0 spiro atoms. The minimum absolute atomic E-state index is 0.0755. The SMILES string of the molecule is CCCC=CC(=O)N(CCC)c1ccccc1. The molecule has 1 aromatic carbocycles. The van der Waals surface area contributed by atoms with E-state index in [0.29, 0.717) is 0 Å². The van der Waals surface area contributed by atoms with Crippen LogP contribution in [0.2, 0.25) is 0 Å². The minimum atomic E-state index is 0.0755. The zero-order valence-corrected chi connectivity index (χ0v) is 10.7. The van der Waals surface area contributed by atoms with Gasteiger partial charge in [0.25, 0.3) is 5.91 Å². The van der Waals surface area contributed by atoms with Gasteiger partial charge in [0.15, 0.2) is 0 Å². The highest BCUT2D eigenvalue weighted by atomic mass is 16.2. The van der Waals surface area contributed by atoms with Crippen molar-refractivity contribution >= 4 is 11.6 Å². The number of para-hydroxylation sites is 1. The summed E-state index contributed by atoms with van der Waals surface area (Å²) in [4.78, 5) is 13.9. The van der Waals surface area contributed by atoms with Gasteiger partial charge in [-0.2, -0.15) is 0 Å². The molecule has 0 N–H and O–H groups in total. The Balaban J connectivity index is 2.75. The van der Waals surface area contributed by atoms with Gasteiger partial charge in [0, 0.05) is 12.2 Å². The molecule has 0 aliphatic rings. The number of carbonyl (C=O) groups is 1. The third-order valence-electron chi connectivity index (χ3n) is 2.50. The van der Waals surface area contributed by atoms with Crippen LogP contribution in [0.1, 0.15) is 33.1 Å². The van der Waals surface area contributed by atoms with Crippen LogP contribution in [-0.2, 0) is 4.79 Å². The maximum absolute atomic E-state index is 12.0. The fourth-order valence-electron chi connectivity index (χ4n) is 1.64. The Morgan fingerprint density at radius 1 is 1.18 bits per heavy atom. The molecule has 0 saturated heterocycles. The van der Waals surface area contributed by atoms with Crippen molar-refractivity contribution in [1.82, 2.24) is 0 Å². The first kappa shape index (κ1) is 13.5. The van der Waals surface area contributed by atoms with Crippen LogP contribution in [0.4, 0.5) is 5.69 Å². The smallest absolute Gasteiger partial charge is 0.250 e. The number of allylic oxidation sites excluding steroid dienone is 1. The summed E-state index contributed by atoms with van der Waals surface area (Å²) in [6, 6.07) is 9.83. The van der Waals surface area contributed by atoms with E-state index in [9.17, 15) is 4.79 Å². The van der Waals surface area contributed by atoms with Crippen molar-refractivity contribution in [3.63, 3.8) is 0 Å². The molecule has 0 aliphatic heterocycles. The highest BCUT2D eigenvalue weighted by Crippen LogP contribution is 2.14. The predicted molar refractivity (Wildman–Crippen MR) is 73.1 cm³/mol. The lowest BCUT2D eigenvalue weighted by Crippen LogP contribution is -2.29. The Bertz CT molecular complexity index is 356. The fraction of sp³-hybridized carbons (Fsp3) is 0.400. The van der Waals surface area contributed by atoms with Crippen molar-refractivity contribution in [3.05, 3.63) is 42.5 Å². The second-order valence-electron chi connectivity index (χ2n) is 4.02. The molecule has 0 radical (unpaired) electrons. The number of nitrogens with zero attached hydrogens (tertiary/aromatic N) is 1. The molecule has 17 heavy (non-hydrogen) atoms. The first-order valence-electron chi connectivity index (χ1n) is 6.32. The number of carbonyl (C=O) groups excluding carboxylic acids is 1. The van der Waals surface area contributed by atoms with Crippen LogP contribution in [-0.4, -0.2) is 12.5 Å². The van der Waals surface area contributed by atoms with Crippen LogP contribution in [0.15, 0.2) is 42.5 Å². The summed E-state index contributed by atoms with van der Waals surface area (Å²) in [5.74, 6) is 0.0755. The van der Waals surface area contributed by atoms with Crippen molar-refractivity contribution in [2.75, 3.05) is 11.4 Å². The van der Waals surface area contributed by atoms with Crippen molar-refractivity contribution in [2.24, 2.45) is 0 Å². The molecule has 2 heteroatoms. The van der Waals surface area contributed by atoms with Crippen molar-refractivity contribution < 1.29 is 4.79 Å². The average molecular weight is 231 g/mol. The Morgan fingerprint density at radius 3 is 2.47 bits per heavy atom. The highest BCUT2D eigenvalue weighted by Gasteiger charge is 2.10. The molecular formula is C15H21NO. The Morgan fingerprint density at radius 2 is 1.88 bits per heavy atom. The molecule has 1 rings (SSSR count). The summed E-state index contributed by atoms with van der Waals surface area (Å²) in [6.45, 7) is 4.95.